The molecule has 0 N–H and O–H groups in total. The lowest BCUT2D eigenvalue weighted by Gasteiger charge is -2.14. The van der Waals surface area contributed by atoms with E-state index in [1.165, 1.54) is 31.4 Å². The van der Waals surface area contributed by atoms with Crippen LogP contribution in [0.15, 0.2) is 29.3 Å². The Labute approximate surface area is 139 Å². The van der Waals surface area contributed by atoms with Gasteiger partial charge in [-0.25, -0.2) is 27.3 Å². The highest BCUT2D eigenvalue weighted by Gasteiger charge is 2.30. The van der Waals surface area contributed by atoms with Gasteiger partial charge in [0.05, 0.1) is 24.8 Å². The molecule has 0 aliphatic carbocycles. The van der Waals surface area contributed by atoms with Crippen molar-refractivity contribution in [3.05, 3.63) is 58.7 Å². The van der Waals surface area contributed by atoms with Crippen molar-refractivity contribution in [2.24, 2.45) is 4.99 Å². The van der Waals surface area contributed by atoms with E-state index in [2.05, 4.69) is 9.73 Å². The zero-order valence-corrected chi connectivity index (χ0v) is 12.9. The number of rotatable bonds is 3. The minimum absolute atomic E-state index is 0.0242. The van der Waals surface area contributed by atoms with E-state index in [0.717, 1.165) is 0 Å². The molecule has 2 aromatic carbocycles. The maximum absolute atomic E-state index is 14.4. The fraction of sp³-hybridized carbons (Fsp3) is 0.176. The third kappa shape index (κ3) is 2.84. The summed E-state index contributed by atoms with van der Waals surface area (Å²) in [5, 5.41) is 0. The Morgan fingerprint density at radius 1 is 1.00 bits per heavy atom. The van der Waals surface area contributed by atoms with Crippen molar-refractivity contribution in [1.82, 2.24) is 0 Å². The van der Waals surface area contributed by atoms with E-state index >= 15 is 0 Å². The zero-order valence-electron chi connectivity index (χ0n) is 12.9. The molecular weight excluding hydrogens is 342 g/mol. The number of methoxy groups -OCH3 is 1. The van der Waals surface area contributed by atoms with Gasteiger partial charge in [-0.1, -0.05) is 12.1 Å². The molecule has 0 bridgehead atoms. The topological polar surface area (TPSA) is 47.9 Å². The summed E-state index contributed by atoms with van der Waals surface area (Å²) in [4.78, 5) is 15.3. The molecule has 0 spiro atoms. The Kier molecular flexibility index (Phi) is 4.43. The van der Waals surface area contributed by atoms with E-state index in [9.17, 15) is 22.4 Å². The average Bonchev–Trinajstić information content (AvgIpc) is 3.16. The molecule has 2 aromatic rings. The lowest BCUT2D eigenvalue weighted by molar-refractivity contribution is 0.0600. The minimum Gasteiger partial charge on any atom is -0.475 e. The molecule has 0 radical (unpaired) electrons. The van der Waals surface area contributed by atoms with Gasteiger partial charge in [0.1, 0.15) is 6.61 Å². The van der Waals surface area contributed by atoms with Gasteiger partial charge in [0.25, 0.3) is 0 Å². The van der Waals surface area contributed by atoms with Crippen LogP contribution in [0.4, 0.5) is 17.6 Å². The maximum Gasteiger partial charge on any atom is 0.337 e. The summed E-state index contributed by atoms with van der Waals surface area (Å²) in [6, 6.07) is 5.11. The molecule has 1 aliphatic heterocycles. The van der Waals surface area contributed by atoms with Crippen molar-refractivity contribution < 1.29 is 31.8 Å². The Bertz CT molecular complexity index is 879. The number of carbonyl (C=O) groups is 1. The molecule has 130 valence electrons. The van der Waals surface area contributed by atoms with E-state index in [4.69, 9.17) is 4.74 Å². The van der Waals surface area contributed by atoms with Crippen molar-refractivity contribution in [1.29, 1.82) is 0 Å². The number of ether oxygens (including phenoxy) is 2. The van der Waals surface area contributed by atoms with Crippen LogP contribution < -0.4 is 0 Å². The van der Waals surface area contributed by atoms with Crippen LogP contribution >= 0.6 is 0 Å². The second kappa shape index (κ2) is 6.54. The molecule has 0 aromatic heterocycles. The lowest BCUT2D eigenvalue weighted by atomic mass is 9.96. The maximum atomic E-state index is 14.4. The summed E-state index contributed by atoms with van der Waals surface area (Å²) in [6.07, 6.45) is 0. The SMILES string of the molecule is COC(=O)c1ccc(-c2c(F)c(F)c(F)c(F)c2C2=NCCO2)cc1. The molecule has 0 amide bonds. The van der Waals surface area contributed by atoms with Gasteiger partial charge in [-0.15, -0.1) is 0 Å². The van der Waals surface area contributed by atoms with Gasteiger partial charge in [0.2, 0.25) is 5.90 Å². The molecule has 1 aliphatic rings. The van der Waals surface area contributed by atoms with E-state index in [-0.39, 0.29) is 30.2 Å². The van der Waals surface area contributed by atoms with E-state index in [1.54, 1.807) is 0 Å². The first-order valence-corrected chi connectivity index (χ1v) is 7.18. The van der Waals surface area contributed by atoms with Crippen molar-refractivity contribution in [2.45, 2.75) is 0 Å². The highest BCUT2D eigenvalue weighted by molar-refractivity contribution is 6.02. The molecule has 4 nitrogen and oxygen atoms in total. The molecule has 25 heavy (non-hydrogen) atoms. The van der Waals surface area contributed by atoms with Crippen LogP contribution in [0, 0.1) is 23.3 Å². The Hall–Kier alpha value is -2.90. The second-order valence-corrected chi connectivity index (χ2v) is 5.11. The van der Waals surface area contributed by atoms with Gasteiger partial charge >= 0.3 is 5.97 Å². The number of benzene rings is 2. The van der Waals surface area contributed by atoms with Crippen molar-refractivity contribution in [2.75, 3.05) is 20.3 Å². The van der Waals surface area contributed by atoms with Crippen LogP contribution in [-0.4, -0.2) is 32.1 Å². The Balaban J connectivity index is 2.22. The van der Waals surface area contributed by atoms with Crippen LogP contribution in [0.2, 0.25) is 0 Å². The van der Waals surface area contributed by atoms with Crippen LogP contribution in [0.25, 0.3) is 11.1 Å². The van der Waals surface area contributed by atoms with Gasteiger partial charge in [0.15, 0.2) is 23.3 Å². The van der Waals surface area contributed by atoms with Gasteiger partial charge in [-0.2, -0.15) is 0 Å². The molecule has 0 saturated carbocycles. The molecular formula is C17H11F4NO3. The summed E-state index contributed by atoms with van der Waals surface area (Å²) in [6.45, 7) is 0.312. The van der Waals surface area contributed by atoms with Crippen molar-refractivity contribution >= 4 is 11.9 Å². The van der Waals surface area contributed by atoms with Crippen LogP contribution in [0.3, 0.4) is 0 Å². The summed E-state index contributed by atoms with van der Waals surface area (Å²) in [5.41, 5.74) is -0.949. The second-order valence-electron chi connectivity index (χ2n) is 5.11. The first-order valence-electron chi connectivity index (χ1n) is 7.18. The van der Waals surface area contributed by atoms with Gasteiger partial charge in [0, 0.05) is 5.56 Å². The number of esters is 1. The molecule has 8 heteroatoms. The third-order valence-electron chi connectivity index (χ3n) is 3.66. The molecule has 3 rings (SSSR count). The summed E-state index contributed by atoms with van der Waals surface area (Å²) >= 11 is 0. The fourth-order valence-electron chi connectivity index (χ4n) is 2.48. The molecule has 0 saturated heterocycles. The largest absolute Gasteiger partial charge is 0.475 e. The van der Waals surface area contributed by atoms with Gasteiger partial charge in [-0.3, -0.25) is 0 Å². The Morgan fingerprint density at radius 3 is 2.12 bits per heavy atom. The number of nitrogens with zero attached hydrogens (tertiary/aromatic N) is 1. The highest BCUT2D eigenvalue weighted by atomic mass is 19.2. The third-order valence-corrected chi connectivity index (χ3v) is 3.66. The quantitative estimate of drug-likeness (QED) is 0.367. The van der Waals surface area contributed by atoms with Gasteiger partial charge in [-0.05, 0) is 17.7 Å². The smallest absolute Gasteiger partial charge is 0.337 e. The number of carbonyl (C=O) groups excluding carboxylic acids is 1. The predicted octanol–water partition coefficient (Wildman–Crippen LogP) is 3.47. The molecule has 0 atom stereocenters. The highest BCUT2D eigenvalue weighted by Crippen LogP contribution is 2.34. The zero-order chi connectivity index (χ0) is 18.1. The first-order chi connectivity index (χ1) is 12.0. The average molecular weight is 353 g/mol. The van der Waals surface area contributed by atoms with Crippen LogP contribution in [-0.2, 0) is 9.47 Å². The monoisotopic (exact) mass is 353 g/mol. The molecule has 0 fully saturated rings. The minimum atomic E-state index is -1.94. The number of halogens is 4. The lowest BCUT2D eigenvalue weighted by Crippen LogP contribution is -2.13. The fourth-order valence-corrected chi connectivity index (χ4v) is 2.48. The van der Waals surface area contributed by atoms with E-state index in [0.29, 0.717) is 0 Å². The van der Waals surface area contributed by atoms with E-state index < -0.39 is 40.4 Å². The van der Waals surface area contributed by atoms with E-state index in [1.807, 2.05) is 0 Å². The van der Waals surface area contributed by atoms with Crippen LogP contribution in [0.1, 0.15) is 15.9 Å². The Morgan fingerprint density at radius 2 is 1.60 bits per heavy atom. The summed E-state index contributed by atoms with van der Waals surface area (Å²) in [7, 11) is 1.19. The first kappa shape index (κ1) is 16.9. The normalized spacial score (nSPS) is 13.4. The van der Waals surface area contributed by atoms with Crippen molar-refractivity contribution in [3.63, 3.8) is 0 Å². The number of hydrogen-bond donors (Lipinski definition) is 0. The number of aliphatic imine (C=N–C) groups is 1. The number of hydrogen-bond acceptors (Lipinski definition) is 4. The van der Waals surface area contributed by atoms with Gasteiger partial charge < -0.3 is 9.47 Å². The predicted molar refractivity (Wildman–Crippen MR) is 80.4 cm³/mol. The van der Waals surface area contributed by atoms with Crippen LogP contribution in [0.5, 0.6) is 0 Å². The molecule has 0 unspecified atom stereocenters. The summed E-state index contributed by atoms with van der Waals surface area (Å²) < 4.78 is 65.7. The standard InChI is InChI=1S/C17H11F4NO3/c1-24-17(23)9-4-2-8(3-5-9)10-11(16-22-6-7-25-16)13(19)15(21)14(20)12(10)18/h2-5H,6-7H2,1H3. The molecule has 1 heterocycles. The summed E-state index contributed by atoms with van der Waals surface area (Å²) in [5.74, 6) is -7.98. The van der Waals surface area contributed by atoms with Crippen molar-refractivity contribution in [3.8, 4) is 11.1 Å².